The molecule has 1 unspecified atom stereocenters. The number of nitrogens with zero attached hydrogens (tertiary/aromatic N) is 1. The van der Waals surface area contributed by atoms with Crippen LogP contribution in [0.25, 0.3) is 0 Å². The Morgan fingerprint density at radius 2 is 2.30 bits per heavy atom. The van der Waals surface area contributed by atoms with Crippen LogP contribution >= 0.6 is 24.0 Å². The monoisotopic (exact) mass is 361 g/mol. The molecule has 1 saturated heterocycles. The van der Waals surface area contributed by atoms with E-state index in [2.05, 4.69) is 10.2 Å². The molecule has 130 valence electrons. The van der Waals surface area contributed by atoms with E-state index >= 15 is 0 Å². The summed E-state index contributed by atoms with van der Waals surface area (Å²) in [6, 6.07) is 5.63. The fourth-order valence-electron chi connectivity index (χ4n) is 2.86. The zero-order chi connectivity index (χ0) is 15.9. The van der Waals surface area contributed by atoms with Gasteiger partial charge in [0.05, 0.1) is 13.0 Å². The average Bonchev–Trinajstić information content (AvgIpc) is 2.53. The van der Waals surface area contributed by atoms with Crippen LogP contribution in [0.4, 0.5) is 0 Å². The molecule has 0 radical (unpaired) electrons. The summed E-state index contributed by atoms with van der Waals surface area (Å²) in [5.74, 6) is 0.970. The minimum atomic E-state index is 0. The van der Waals surface area contributed by atoms with E-state index in [1.54, 1.807) is 7.11 Å². The van der Waals surface area contributed by atoms with Gasteiger partial charge in [0.1, 0.15) is 5.75 Å². The Hall–Kier alpha value is -1.01. The molecule has 0 aromatic heterocycles. The van der Waals surface area contributed by atoms with Crippen LogP contribution in [0.2, 0.25) is 5.02 Å². The van der Waals surface area contributed by atoms with Gasteiger partial charge in [0, 0.05) is 36.8 Å². The van der Waals surface area contributed by atoms with E-state index in [1.807, 2.05) is 18.2 Å². The number of ether oxygens (including phenoxy) is 1. The van der Waals surface area contributed by atoms with Crippen LogP contribution in [-0.4, -0.2) is 44.1 Å². The number of halogens is 2. The number of amides is 1. The number of hydrogen-bond acceptors (Lipinski definition) is 4. The second-order valence-electron chi connectivity index (χ2n) is 5.61. The zero-order valence-corrected chi connectivity index (χ0v) is 15.0. The van der Waals surface area contributed by atoms with Crippen molar-refractivity contribution < 1.29 is 9.53 Å². The summed E-state index contributed by atoms with van der Waals surface area (Å²) in [7, 11) is 1.66. The SMILES string of the molecule is COc1ccc(Cl)cc1CN1CCCC(C(=O)NCCN)C1.Cl. The molecule has 0 bridgehead atoms. The first-order chi connectivity index (χ1) is 10.6. The van der Waals surface area contributed by atoms with E-state index in [1.165, 1.54) is 0 Å². The number of hydrogen-bond donors (Lipinski definition) is 2. The van der Waals surface area contributed by atoms with E-state index in [4.69, 9.17) is 22.1 Å². The van der Waals surface area contributed by atoms with E-state index in [0.29, 0.717) is 18.1 Å². The molecule has 0 saturated carbocycles. The molecule has 23 heavy (non-hydrogen) atoms. The van der Waals surface area contributed by atoms with E-state index in [-0.39, 0.29) is 24.2 Å². The highest BCUT2D eigenvalue weighted by Crippen LogP contribution is 2.26. The third-order valence-electron chi connectivity index (χ3n) is 3.96. The van der Waals surface area contributed by atoms with Crippen molar-refractivity contribution in [3.05, 3.63) is 28.8 Å². The van der Waals surface area contributed by atoms with Crippen molar-refractivity contribution in [2.45, 2.75) is 19.4 Å². The van der Waals surface area contributed by atoms with Crippen molar-refractivity contribution in [1.82, 2.24) is 10.2 Å². The molecule has 3 N–H and O–H groups in total. The maximum atomic E-state index is 12.1. The van der Waals surface area contributed by atoms with E-state index in [9.17, 15) is 4.79 Å². The molecule has 1 atom stereocenters. The lowest BCUT2D eigenvalue weighted by molar-refractivity contribution is -0.126. The summed E-state index contributed by atoms with van der Waals surface area (Å²) in [6.07, 6.45) is 1.95. The van der Waals surface area contributed by atoms with Crippen molar-refractivity contribution in [2.24, 2.45) is 11.7 Å². The van der Waals surface area contributed by atoms with Crippen molar-refractivity contribution in [2.75, 3.05) is 33.3 Å². The first-order valence-electron chi connectivity index (χ1n) is 7.66. The molecule has 0 spiro atoms. The van der Waals surface area contributed by atoms with Gasteiger partial charge in [0.25, 0.3) is 0 Å². The lowest BCUT2D eigenvalue weighted by Crippen LogP contribution is -2.43. The number of carbonyl (C=O) groups is 1. The molecule has 7 heteroatoms. The van der Waals surface area contributed by atoms with Crippen LogP contribution in [0.15, 0.2) is 18.2 Å². The van der Waals surface area contributed by atoms with Crippen molar-refractivity contribution in [3.63, 3.8) is 0 Å². The third-order valence-corrected chi connectivity index (χ3v) is 4.19. The fraction of sp³-hybridized carbons (Fsp3) is 0.562. The molecular weight excluding hydrogens is 337 g/mol. The number of rotatable bonds is 6. The summed E-state index contributed by atoms with van der Waals surface area (Å²) >= 11 is 6.08. The second kappa shape index (κ2) is 9.98. The van der Waals surface area contributed by atoms with Gasteiger partial charge in [-0.1, -0.05) is 11.6 Å². The van der Waals surface area contributed by atoms with Gasteiger partial charge in [-0.2, -0.15) is 0 Å². The Balaban J connectivity index is 0.00000264. The minimum Gasteiger partial charge on any atom is -0.496 e. The summed E-state index contributed by atoms with van der Waals surface area (Å²) in [6.45, 7) is 3.49. The highest BCUT2D eigenvalue weighted by Gasteiger charge is 2.26. The molecule has 1 amide bonds. The molecule has 2 rings (SSSR count). The summed E-state index contributed by atoms with van der Waals surface area (Å²) in [5, 5.41) is 3.58. The average molecular weight is 362 g/mol. The minimum absolute atomic E-state index is 0. The number of benzene rings is 1. The van der Waals surface area contributed by atoms with Crippen molar-refractivity contribution in [3.8, 4) is 5.75 Å². The fourth-order valence-corrected chi connectivity index (χ4v) is 3.06. The molecule has 1 aromatic carbocycles. The van der Waals surface area contributed by atoms with Gasteiger partial charge in [0.2, 0.25) is 5.91 Å². The van der Waals surface area contributed by atoms with Crippen LogP contribution in [0.5, 0.6) is 5.75 Å². The third kappa shape index (κ3) is 5.84. The topological polar surface area (TPSA) is 67.6 Å². The van der Waals surface area contributed by atoms with Gasteiger partial charge in [0.15, 0.2) is 0 Å². The Labute approximate surface area is 148 Å². The van der Waals surface area contributed by atoms with Gasteiger partial charge >= 0.3 is 0 Å². The van der Waals surface area contributed by atoms with Crippen molar-refractivity contribution >= 4 is 29.9 Å². The molecule has 5 nitrogen and oxygen atoms in total. The summed E-state index contributed by atoms with van der Waals surface area (Å²) < 4.78 is 5.39. The lowest BCUT2D eigenvalue weighted by atomic mass is 9.96. The van der Waals surface area contributed by atoms with E-state index in [0.717, 1.165) is 43.8 Å². The lowest BCUT2D eigenvalue weighted by Gasteiger charge is -2.32. The first-order valence-corrected chi connectivity index (χ1v) is 8.04. The number of methoxy groups -OCH3 is 1. The first kappa shape index (κ1) is 20.0. The number of carbonyl (C=O) groups excluding carboxylic acids is 1. The Morgan fingerprint density at radius 1 is 1.52 bits per heavy atom. The quantitative estimate of drug-likeness (QED) is 0.813. The Kier molecular flexibility index (Phi) is 8.69. The maximum Gasteiger partial charge on any atom is 0.224 e. The smallest absolute Gasteiger partial charge is 0.224 e. The number of likely N-dealkylation sites (tertiary alicyclic amines) is 1. The van der Waals surface area contributed by atoms with Crippen LogP contribution in [0, 0.1) is 5.92 Å². The van der Waals surface area contributed by atoms with Gasteiger partial charge in [-0.3, -0.25) is 9.69 Å². The molecule has 1 aliphatic heterocycles. The molecular formula is C16H25Cl2N3O2. The summed E-state index contributed by atoms with van der Waals surface area (Å²) in [5.41, 5.74) is 6.48. The van der Waals surface area contributed by atoms with Crippen LogP contribution in [0.1, 0.15) is 18.4 Å². The zero-order valence-electron chi connectivity index (χ0n) is 13.4. The molecule has 0 aliphatic carbocycles. The van der Waals surface area contributed by atoms with Gasteiger partial charge < -0.3 is 15.8 Å². The normalized spacial score (nSPS) is 18.1. The van der Waals surface area contributed by atoms with Crippen LogP contribution in [0.3, 0.4) is 0 Å². The Bertz CT molecular complexity index is 514. The Morgan fingerprint density at radius 3 is 3.00 bits per heavy atom. The van der Waals surface area contributed by atoms with Gasteiger partial charge in [-0.25, -0.2) is 0 Å². The molecule has 1 heterocycles. The van der Waals surface area contributed by atoms with Gasteiger partial charge in [-0.15, -0.1) is 12.4 Å². The molecule has 1 fully saturated rings. The van der Waals surface area contributed by atoms with Crippen LogP contribution in [-0.2, 0) is 11.3 Å². The number of nitrogens with two attached hydrogens (primary N) is 1. The van der Waals surface area contributed by atoms with Gasteiger partial charge in [-0.05, 0) is 37.6 Å². The van der Waals surface area contributed by atoms with Crippen molar-refractivity contribution in [1.29, 1.82) is 0 Å². The predicted octanol–water partition coefficient (Wildman–Crippen LogP) is 2.06. The second-order valence-corrected chi connectivity index (χ2v) is 6.05. The number of nitrogens with one attached hydrogen (secondary N) is 1. The highest BCUT2D eigenvalue weighted by molar-refractivity contribution is 6.30. The summed E-state index contributed by atoms with van der Waals surface area (Å²) in [4.78, 5) is 14.4. The maximum absolute atomic E-state index is 12.1. The molecule has 1 aromatic rings. The standard InChI is InChI=1S/C16H24ClN3O2.ClH/c1-22-15-5-4-14(17)9-13(15)11-20-8-2-3-12(10-20)16(21)19-7-6-18;/h4-5,9,12H,2-3,6-8,10-11,18H2,1H3,(H,19,21);1H. The van der Waals surface area contributed by atoms with Crippen LogP contribution < -0.4 is 15.8 Å². The largest absolute Gasteiger partial charge is 0.496 e. The highest BCUT2D eigenvalue weighted by atomic mass is 35.5. The predicted molar refractivity (Wildman–Crippen MR) is 95.3 cm³/mol. The molecule has 1 aliphatic rings. The van der Waals surface area contributed by atoms with E-state index < -0.39 is 0 Å². The number of piperidine rings is 1.